The molecule has 2 N–H and O–H groups in total. The zero-order valence-corrected chi connectivity index (χ0v) is 15.9. The smallest absolute Gasteiger partial charge is 0.411 e. The maximum absolute atomic E-state index is 12.1. The quantitative estimate of drug-likeness (QED) is 0.761. The number of methoxy groups -OCH3 is 1. The van der Waals surface area contributed by atoms with E-state index in [-0.39, 0.29) is 12.0 Å². The topological polar surface area (TPSA) is 85.9 Å². The van der Waals surface area contributed by atoms with Gasteiger partial charge in [0.05, 0.1) is 18.9 Å². The van der Waals surface area contributed by atoms with Crippen LogP contribution < -0.4 is 20.1 Å². The molecule has 144 valence electrons. The van der Waals surface area contributed by atoms with Gasteiger partial charge < -0.3 is 19.5 Å². The van der Waals surface area contributed by atoms with Crippen LogP contribution in [0.4, 0.5) is 10.5 Å². The number of hydrogen-bond donors (Lipinski definition) is 2. The first kappa shape index (κ1) is 20.1. The lowest BCUT2D eigenvalue weighted by Crippen LogP contribution is -2.23. The summed E-state index contributed by atoms with van der Waals surface area (Å²) in [6.45, 7) is 5.82. The summed E-state index contributed by atoms with van der Waals surface area (Å²) in [4.78, 5) is 24.2. The molecule has 0 spiro atoms. The summed E-state index contributed by atoms with van der Waals surface area (Å²) in [5.74, 6) is 1.13. The Morgan fingerprint density at radius 2 is 1.74 bits per heavy atom. The number of nitrogens with one attached hydrogen (secondary N) is 2. The molecule has 0 atom stereocenters. The van der Waals surface area contributed by atoms with E-state index in [1.807, 2.05) is 13.0 Å². The largest absolute Gasteiger partial charge is 0.493 e. The minimum absolute atomic E-state index is 0.249. The maximum Gasteiger partial charge on any atom is 0.411 e. The van der Waals surface area contributed by atoms with Crippen molar-refractivity contribution in [2.45, 2.75) is 26.9 Å². The average molecular weight is 372 g/mol. The van der Waals surface area contributed by atoms with Crippen LogP contribution in [0.15, 0.2) is 42.5 Å². The van der Waals surface area contributed by atoms with Crippen molar-refractivity contribution in [3.8, 4) is 17.2 Å². The van der Waals surface area contributed by atoms with E-state index >= 15 is 0 Å². The van der Waals surface area contributed by atoms with Gasteiger partial charge in [0.1, 0.15) is 0 Å². The summed E-state index contributed by atoms with van der Waals surface area (Å²) in [5.41, 5.74) is 0.708. The lowest BCUT2D eigenvalue weighted by atomic mass is 10.1. The summed E-state index contributed by atoms with van der Waals surface area (Å²) >= 11 is 0. The highest BCUT2D eigenvalue weighted by molar-refractivity contribution is 5.97. The molecule has 0 bridgehead atoms. The van der Waals surface area contributed by atoms with Gasteiger partial charge in [0.2, 0.25) is 0 Å². The number of rotatable bonds is 7. The third kappa shape index (κ3) is 5.64. The van der Waals surface area contributed by atoms with Crippen LogP contribution in [0.5, 0.6) is 17.2 Å². The van der Waals surface area contributed by atoms with Gasteiger partial charge in [-0.25, -0.2) is 4.79 Å². The van der Waals surface area contributed by atoms with Crippen molar-refractivity contribution < 1.29 is 23.8 Å². The van der Waals surface area contributed by atoms with E-state index in [1.54, 1.807) is 51.3 Å². The Morgan fingerprint density at radius 1 is 1.04 bits per heavy atom. The molecule has 2 aromatic carbocycles. The summed E-state index contributed by atoms with van der Waals surface area (Å²) in [7, 11) is 1.54. The highest BCUT2D eigenvalue weighted by Gasteiger charge is 2.16. The molecule has 7 nitrogen and oxygen atoms in total. The molecule has 0 radical (unpaired) electrons. The number of anilines is 1. The Kier molecular flexibility index (Phi) is 7.05. The normalized spacial score (nSPS) is 10.3. The van der Waals surface area contributed by atoms with Gasteiger partial charge in [-0.2, -0.15) is 0 Å². The van der Waals surface area contributed by atoms with Crippen LogP contribution in [-0.2, 0) is 4.74 Å². The summed E-state index contributed by atoms with van der Waals surface area (Å²) in [5, 5.41) is 5.35. The lowest BCUT2D eigenvalue weighted by molar-refractivity contribution is 0.0955. The average Bonchev–Trinajstić information content (AvgIpc) is 2.63. The Bertz CT molecular complexity index is 805. The SMILES string of the molecule is CCNC(=O)c1ccc(Oc2ccccc2OC)c(NC(=O)OC(C)C)c1. The third-order valence-electron chi connectivity index (χ3n) is 3.45. The predicted octanol–water partition coefficient (Wildman–Crippen LogP) is 4.19. The van der Waals surface area contributed by atoms with Crippen molar-refractivity contribution in [3.63, 3.8) is 0 Å². The molecule has 0 heterocycles. The van der Waals surface area contributed by atoms with Crippen LogP contribution in [-0.4, -0.2) is 31.8 Å². The summed E-state index contributed by atoms with van der Waals surface area (Å²) < 4.78 is 16.3. The minimum atomic E-state index is -0.636. The standard InChI is InChI=1S/C20H24N2O5/c1-5-21-19(23)14-10-11-16(15(12-14)22-20(24)26-13(2)3)27-18-9-7-6-8-17(18)25-4/h6-13H,5H2,1-4H3,(H,21,23)(H,22,24). The number of para-hydroxylation sites is 2. The molecule has 0 aliphatic carbocycles. The Balaban J connectivity index is 2.36. The molecular weight excluding hydrogens is 348 g/mol. The molecule has 0 aromatic heterocycles. The lowest BCUT2D eigenvalue weighted by Gasteiger charge is -2.16. The van der Waals surface area contributed by atoms with Crippen LogP contribution in [0.3, 0.4) is 0 Å². The van der Waals surface area contributed by atoms with Crippen LogP contribution >= 0.6 is 0 Å². The summed E-state index contributed by atoms with van der Waals surface area (Å²) in [6.07, 6.45) is -0.918. The van der Waals surface area contributed by atoms with Gasteiger partial charge in [-0.05, 0) is 51.1 Å². The molecule has 27 heavy (non-hydrogen) atoms. The molecule has 0 aliphatic heterocycles. The van der Waals surface area contributed by atoms with Crippen LogP contribution in [0.2, 0.25) is 0 Å². The molecule has 2 aromatic rings. The van der Waals surface area contributed by atoms with Crippen molar-refractivity contribution in [2.75, 3.05) is 19.0 Å². The maximum atomic E-state index is 12.1. The number of benzene rings is 2. The van der Waals surface area contributed by atoms with Crippen LogP contribution in [0.25, 0.3) is 0 Å². The highest BCUT2D eigenvalue weighted by atomic mass is 16.6. The molecule has 0 fully saturated rings. The molecule has 0 unspecified atom stereocenters. The number of amides is 2. The van der Waals surface area contributed by atoms with E-state index in [4.69, 9.17) is 14.2 Å². The number of ether oxygens (including phenoxy) is 3. The van der Waals surface area contributed by atoms with Crippen molar-refractivity contribution in [1.82, 2.24) is 5.32 Å². The Labute approximate surface area is 158 Å². The van der Waals surface area contributed by atoms with E-state index < -0.39 is 6.09 Å². The first-order valence-corrected chi connectivity index (χ1v) is 8.65. The van der Waals surface area contributed by atoms with Crippen molar-refractivity contribution in [1.29, 1.82) is 0 Å². The van der Waals surface area contributed by atoms with Crippen molar-refractivity contribution in [3.05, 3.63) is 48.0 Å². The van der Waals surface area contributed by atoms with Gasteiger partial charge in [0, 0.05) is 12.1 Å². The first-order chi connectivity index (χ1) is 12.9. The van der Waals surface area contributed by atoms with Gasteiger partial charge in [0.25, 0.3) is 5.91 Å². The number of carbonyl (C=O) groups is 2. The second-order valence-corrected chi connectivity index (χ2v) is 5.90. The second-order valence-electron chi connectivity index (χ2n) is 5.90. The molecular formula is C20H24N2O5. The minimum Gasteiger partial charge on any atom is -0.493 e. The van der Waals surface area contributed by atoms with Crippen LogP contribution in [0, 0.1) is 0 Å². The van der Waals surface area contributed by atoms with Gasteiger partial charge in [-0.1, -0.05) is 12.1 Å². The highest BCUT2D eigenvalue weighted by Crippen LogP contribution is 2.35. The van der Waals surface area contributed by atoms with E-state index in [0.29, 0.717) is 35.0 Å². The van der Waals surface area contributed by atoms with Gasteiger partial charge >= 0.3 is 6.09 Å². The van der Waals surface area contributed by atoms with Crippen molar-refractivity contribution in [2.24, 2.45) is 0 Å². The molecule has 0 saturated heterocycles. The molecule has 2 rings (SSSR count). The monoisotopic (exact) mass is 372 g/mol. The zero-order chi connectivity index (χ0) is 19.8. The summed E-state index contributed by atoms with van der Waals surface area (Å²) in [6, 6.07) is 11.9. The first-order valence-electron chi connectivity index (χ1n) is 8.65. The van der Waals surface area contributed by atoms with Crippen molar-refractivity contribution >= 4 is 17.7 Å². The molecule has 7 heteroatoms. The van der Waals surface area contributed by atoms with E-state index in [2.05, 4.69) is 10.6 Å². The Morgan fingerprint density at radius 3 is 2.37 bits per heavy atom. The number of hydrogen-bond acceptors (Lipinski definition) is 5. The van der Waals surface area contributed by atoms with E-state index in [0.717, 1.165) is 0 Å². The van der Waals surface area contributed by atoms with Gasteiger partial charge in [0.15, 0.2) is 17.2 Å². The fraction of sp³-hybridized carbons (Fsp3) is 0.300. The number of carbonyl (C=O) groups excluding carboxylic acids is 2. The predicted molar refractivity (Wildman–Crippen MR) is 103 cm³/mol. The third-order valence-corrected chi connectivity index (χ3v) is 3.45. The zero-order valence-electron chi connectivity index (χ0n) is 15.9. The van der Waals surface area contributed by atoms with Gasteiger partial charge in [-0.3, -0.25) is 10.1 Å². The molecule has 0 aliphatic rings. The second kappa shape index (κ2) is 9.47. The molecule has 0 saturated carbocycles. The van der Waals surface area contributed by atoms with Crippen LogP contribution in [0.1, 0.15) is 31.1 Å². The van der Waals surface area contributed by atoms with E-state index in [1.165, 1.54) is 6.07 Å². The fourth-order valence-electron chi connectivity index (χ4n) is 2.30. The molecule has 2 amide bonds. The van der Waals surface area contributed by atoms with Gasteiger partial charge in [-0.15, -0.1) is 0 Å². The van der Waals surface area contributed by atoms with E-state index in [9.17, 15) is 9.59 Å². The Hall–Kier alpha value is -3.22. The fourth-order valence-corrected chi connectivity index (χ4v) is 2.30.